The number of ether oxygens (including phenoxy) is 1. The van der Waals surface area contributed by atoms with Gasteiger partial charge in [-0.3, -0.25) is 0 Å². The van der Waals surface area contributed by atoms with Crippen LogP contribution in [0.1, 0.15) is 13.3 Å². The van der Waals surface area contributed by atoms with Crippen LogP contribution in [0, 0.1) is 0 Å². The summed E-state index contributed by atoms with van der Waals surface area (Å²) < 4.78 is 5.10. The molecule has 106 valence electrons. The Kier molecular flexibility index (Phi) is 12.2. The maximum Gasteiger partial charge on any atom is 0.0892 e. The van der Waals surface area contributed by atoms with E-state index < -0.39 is 0 Å². The standard InChI is InChI=1S/C8H17N3.C5H11NO/c1-4-9-8-10-6-5-7-11(2)3;1-6-2-4-7-5-3-6/h4-7H2,1-3H3;2-5H2,1H3. The van der Waals surface area contributed by atoms with Gasteiger partial charge < -0.3 is 14.5 Å². The topological polar surface area (TPSA) is 40.4 Å². The van der Waals surface area contributed by atoms with Crippen molar-refractivity contribution in [1.82, 2.24) is 9.80 Å². The Bertz CT molecular complexity index is 231. The summed E-state index contributed by atoms with van der Waals surface area (Å²) in [5.74, 6) is 0. The van der Waals surface area contributed by atoms with Gasteiger partial charge in [-0.1, -0.05) is 0 Å². The average molecular weight is 256 g/mol. The minimum atomic E-state index is 0.775. The van der Waals surface area contributed by atoms with E-state index >= 15 is 0 Å². The van der Waals surface area contributed by atoms with Crippen LogP contribution < -0.4 is 0 Å². The van der Waals surface area contributed by atoms with Crippen LogP contribution in [-0.2, 0) is 4.74 Å². The van der Waals surface area contributed by atoms with Crippen molar-refractivity contribution < 1.29 is 4.74 Å². The number of aliphatic imine (C=N–C) groups is 2. The van der Waals surface area contributed by atoms with Crippen molar-refractivity contribution in [1.29, 1.82) is 0 Å². The highest BCUT2D eigenvalue weighted by Crippen LogP contribution is 1.89. The second-order valence-electron chi connectivity index (χ2n) is 4.53. The van der Waals surface area contributed by atoms with Crippen molar-refractivity contribution in [2.24, 2.45) is 9.98 Å². The molecule has 1 saturated heterocycles. The van der Waals surface area contributed by atoms with Gasteiger partial charge in [0.05, 0.1) is 25.8 Å². The van der Waals surface area contributed by atoms with Crippen molar-refractivity contribution in [3.05, 3.63) is 0 Å². The van der Waals surface area contributed by atoms with Crippen LogP contribution in [0.2, 0.25) is 0 Å². The SMILES string of the molecule is CCN=C=NCCCN(C)C.CN1CCOCC1. The molecule has 0 aliphatic carbocycles. The van der Waals surface area contributed by atoms with Gasteiger partial charge in [-0.25, -0.2) is 9.98 Å². The van der Waals surface area contributed by atoms with Gasteiger partial charge in [-0.05, 0) is 41.0 Å². The second kappa shape index (κ2) is 12.7. The normalized spacial score (nSPS) is 15.6. The highest BCUT2D eigenvalue weighted by atomic mass is 16.5. The quantitative estimate of drug-likeness (QED) is 0.546. The van der Waals surface area contributed by atoms with Crippen LogP contribution in [-0.4, -0.2) is 82.9 Å². The molecule has 0 atom stereocenters. The van der Waals surface area contributed by atoms with Gasteiger partial charge in [0.25, 0.3) is 0 Å². The first kappa shape index (κ1) is 17.3. The molecule has 1 aliphatic rings. The van der Waals surface area contributed by atoms with Gasteiger partial charge in [-0.15, -0.1) is 0 Å². The number of hydrogen-bond acceptors (Lipinski definition) is 5. The molecule has 1 rings (SSSR count). The molecule has 0 bridgehead atoms. The first-order valence-corrected chi connectivity index (χ1v) is 6.65. The van der Waals surface area contributed by atoms with Gasteiger partial charge in [0.2, 0.25) is 0 Å². The van der Waals surface area contributed by atoms with Crippen molar-refractivity contribution in [2.45, 2.75) is 13.3 Å². The van der Waals surface area contributed by atoms with Crippen LogP contribution >= 0.6 is 0 Å². The minimum Gasteiger partial charge on any atom is -0.379 e. The Labute approximate surface area is 112 Å². The Hall–Kier alpha value is -0.740. The van der Waals surface area contributed by atoms with Crippen molar-refractivity contribution in [3.63, 3.8) is 0 Å². The molecular formula is C13H28N4O. The molecule has 5 nitrogen and oxygen atoms in total. The molecule has 1 fully saturated rings. The molecule has 0 aromatic rings. The maximum absolute atomic E-state index is 5.10. The molecule has 18 heavy (non-hydrogen) atoms. The summed E-state index contributed by atoms with van der Waals surface area (Å²) in [5, 5.41) is 0. The third-order valence-electron chi connectivity index (χ3n) is 2.41. The van der Waals surface area contributed by atoms with Gasteiger partial charge in [0.1, 0.15) is 0 Å². The molecule has 0 unspecified atom stereocenters. The van der Waals surface area contributed by atoms with E-state index in [2.05, 4.69) is 46.9 Å². The molecule has 1 heterocycles. The second-order valence-corrected chi connectivity index (χ2v) is 4.53. The van der Waals surface area contributed by atoms with Crippen LogP contribution in [0.15, 0.2) is 9.98 Å². The van der Waals surface area contributed by atoms with Gasteiger partial charge in [-0.2, -0.15) is 0 Å². The Morgan fingerprint density at radius 1 is 1.22 bits per heavy atom. The minimum absolute atomic E-state index is 0.775. The Morgan fingerprint density at radius 2 is 1.89 bits per heavy atom. The zero-order chi connectivity index (χ0) is 13.6. The summed E-state index contributed by atoms with van der Waals surface area (Å²) in [7, 11) is 6.23. The molecule has 0 aromatic carbocycles. The summed E-state index contributed by atoms with van der Waals surface area (Å²) >= 11 is 0. The molecule has 0 radical (unpaired) electrons. The summed E-state index contributed by atoms with van der Waals surface area (Å²) in [6, 6.07) is 2.64. The molecule has 0 N–H and O–H groups in total. The molecular weight excluding hydrogens is 228 g/mol. The Morgan fingerprint density at radius 3 is 2.33 bits per heavy atom. The molecule has 0 saturated carbocycles. The lowest BCUT2D eigenvalue weighted by Gasteiger charge is -2.21. The Balaban J connectivity index is 0.000000351. The number of hydrogen-bond donors (Lipinski definition) is 0. The first-order chi connectivity index (χ1) is 8.66. The number of likely N-dealkylation sites (N-methyl/N-ethyl adjacent to an activating group) is 1. The lowest BCUT2D eigenvalue weighted by Crippen LogP contribution is -2.32. The average Bonchev–Trinajstić information content (AvgIpc) is 2.35. The van der Waals surface area contributed by atoms with E-state index in [9.17, 15) is 0 Å². The molecule has 0 spiro atoms. The predicted octanol–water partition coefficient (Wildman–Crippen LogP) is 1.08. The van der Waals surface area contributed by atoms with E-state index in [4.69, 9.17) is 4.74 Å². The van der Waals surface area contributed by atoms with E-state index in [1.54, 1.807) is 0 Å². The van der Waals surface area contributed by atoms with Crippen molar-refractivity contribution in [2.75, 3.05) is 67.1 Å². The lowest BCUT2D eigenvalue weighted by atomic mass is 10.4. The van der Waals surface area contributed by atoms with E-state index in [1.807, 2.05) is 6.92 Å². The summed E-state index contributed by atoms with van der Waals surface area (Å²) in [6.07, 6.45) is 1.08. The van der Waals surface area contributed by atoms with Gasteiger partial charge >= 0.3 is 0 Å². The van der Waals surface area contributed by atoms with Crippen molar-refractivity contribution in [3.8, 4) is 0 Å². The maximum atomic E-state index is 5.10. The monoisotopic (exact) mass is 256 g/mol. The number of rotatable bonds is 5. The highest BCUT2D eigenvalue weighted by Gasteiger charge is 2.02. The fraction of sp³-hybridized carbons (Fsp3) is 0.923. The van der Waals surface area contributed by atoms with Gasteiger partial charge in [0, 0.05) is 19.6 Å². The van der Waals surface area contributed by atoms with E-state index in [-0.39, 0.29) is 0 Å². The summed E-state index contributed by atoms with van der Waals surface area (Å²) in [4.78, 5) is 12.3. The zero-order valence-corrected chi connectivity index (χ0v) is 12.4. The smallest absolute Gasteiger partial charge is 0.0892 e. The van der Waals surface area contributed by atoms with Crippen LogP contribution in [0.5, 0.6) is 0 Å². The number of nitrogens with zero attached hydrogens (tertiary/aromatic N) is 4. The first-order valence-electron chi connectivity index (χ1n) is 6.65. The van der Waals surface area contributed by atoms with Crippen LogP contribution in [0.4, 0.5) is 0 Å². The summed E-state index contributed by atoms with van der Waals surface area (Å²) in [5.41, 5.74) is 0. The predicted molar refractivity (Wildman–Crippen MR) is 76.8 cm³/mol. The fourth-order valence-corrected chi connectivity index (χ4v) is 1.29. The van der Waals surface area contributed by atoms with Crippen LogP contribution in [0.25, 0.3) is 0 Å². The highest BCUT2D eigenvalue weighted by molar-refractivity contribution is 5.40. The van der Waals surface area contributed by atoms with E-state index in [1.165, 1.54) is 0 Å². The molecule has 0 aromatic heterocycles. The zero-order valence-electron chi connectivity index (χ0n) is 12.4. The number of morpholine rings is 1. The fourth-order valence-electron chi connectivity index (χ4n) is 1.29. The lowest BCUT2D eigenvalue weighted by molar-refractivity contribution is 0.0503. The largest absolute Gasteiger partial charge is 0.379 e. The molecule has 1 aliphatic heterocycles. The third-order valence-corrected chi connectivity index (χ3v) is 2.41. The molecule has 0 amide bonds. The van der Waals surface area contributed by atoms with Crippen molar-refractivity contribution >= 4 is 6.01 Å². The van der Waals surface area contributed by atoms with E-state index in [0.29, 0.717) is 0 Å². The third kappa shape index (κ3) is 13.3. The van der Waals surface area contributed by atoms with Gasteiger partial charge in [0.15, 0.2) is 0 Å². The molecule has 5 heteroatoms. The van der Waals surface area contributed by atoms with Crippen LogP contribution in [0.3, 0.4) is 0 Å². The summed E-state index contributed by atoms with van der Waals surface area (Å²) in [6.45, 7) is 8.69. The van der Waals surface area contributed by atoms with E-state index in [0.717, 1.165) is 52.4 Å².